The van der Waals surface area contributed by atoms with E-state index in [0.29, 0.717) is 17.3 Å². The second-order valence-corrected chi connectivity index (χ2v) is 8.36. The van der Waals surface area contributed by atoms with E-state index in [-0.39, 0.29) is 18.0 Å². The minimum absolute atomic E-state index is 0.00785. The van der Waals surface area contributed by atoms with Gasteiger partial charge in [-0.1, -0.05) is 12.1 Å². The predicted molar refractivity (Wildman–Crippen MR) is 112 cm³/mol. The maximum absolute atomic E-state index is 13.2. The highest BCUT2D eigenvalue weighted by Gasteiger charge is 2.36. The number of halogens is 3. The van der Waals surface area contributed by atoms with E-state index >= 15 is 0 Å². The van der Waals surface area contributed by atoms with Crippen LogP contribution < -0.4 is 14.8 Å². The molecule has 0 fully saturated rings. The lowest BCUT2D eigenvalue weighted by atomic mass is 10.2. The number of benzene rings is 2. The average molecular weight is 465 g/mol. The molecule has 3 aromatic rings. The summed E-state index contributed by atoms with van der Waals surface area (Å²) in [6.07, 6.45) is -1.83. The number of carbonyl (C=O) groups is 1. The van der Waals surface area contributed by atoms with Gasteiger partial charge in [0.15, 0.2) is 6.61 Å². The Kier molecular flexibility index (Phi) is 6.68. The summed E-state index contributed by atoms with van der Waals surface area (Å²) >= 11 is 0. The zero-order valence-corrected chi connectivity index (χ0v) is 17.5. The fourth-order valence-corrected chi connectivity index (χ4v) is 4.09. The van der Waals surface area contributed by atoms with Crippen molar-refractivity contribution in [3.05, 3.63) is 78.1 Å². The molecule has 0 aliphatic carbocycles. The van der Waals surface area contributed by atoms with Crippen molar-refractivity contribution in [2.75, 3.05) is 16.6 Å². The third-order valence-corrected chi connectivity index (χ3v) is 5.56. The summed E-state index contributed by atoms with van der Waals surface area (Å²) in [4.78, 5) is 15.0. The number of amides is 1. The highest BCUT2D eigenvalue weighted by Crippen LogP contribution is 2.35. The lowest BCUT2D eigenvalue weighted by molar-refractivity contribution is -0.139. The Morgan fingerprint density at radius 2 is 1.72 bits per heavy atom. The van der Waals surface area contributed by atoms with Crippen LogP contribution >= 0.6 is 0 Å². The number of aromatic nitrogens is 1. The first-order valence-electron chi connectivity index (χ1n) is 9.18. The number of nitrogens with one attached hydrogen (secondary N) is 2. The Labute approximate surface area is 182 Å². The van der Waals surface area contributed by atoms with Gasteiger partial charge < -0.3 is 10.1 Å². The fourth-order valence-electron chi connectivity index (χ4n) is 2.82. The highest BCUT2D eigenvalue weighted by atomic mass is 32.2. The van der Waals surface area contributed by atoms with Gasteiger partial charge in [0.1, 0.15) is 5.75 Å². The number of alkyl halides is 3. The molecule has 0 saturated heterocycles. The molecule has 1 heterocycles. The topological polar surface area (TPSA) is 97.4 Å². The molecule has 3 rings (SSSR count). The van der Waals surface area contributed by atoms with E-state index in [0.717, 1.165) is 12.1 Å². The normalized spacial score (nSPS) is 11.6. The summed E-state index contributed by atoms with van der Waals surface area (Å²) in [6.45, 7) is 1.28. The number of sulfonamides is 1. The first-order valence-corrected chi connectivity index (χ1v) is 10.7. The molecular formula is C21H18F3N3O4S. The summed E-state index contributed by atoms with van der Waals surface area (Å²) in [5.74, 6) is -0.296. The van der Waals surface area contributed by atoms with Gasteiger partial charge in [0.25, 0.3) is 15.9 Å². The minimum atomic E-state index is -4.84. The Morgan fingerprint density at radius 3 is 2.41 bits per heavy atom. The van der Waals surface area contributed by atoms with Crippen LogP contribution in [0, 0.1) is 6.92 Å². The summed E-state index contributed by atoms with van der Waals surface area (Å²) in [5.41, 5.74) is -0.190. The quantitative estimate of drug-likeness (QED) is 0.544. The molecule has 168 valence electrons. The zero-order valence-electron chi connectivity index (χ0n) is 16.7. The second kappa shape index (κ2) is 9.27. The monoisotopic (exact) mass is 465 g/mol. The summed E-state index contributed by atoms with van der Waals surface area (Å²) in [7, 11) is -4.54. The van der Waals surface area contributed by atoms with Crippen molar-refractivity contribution >= 4 is 27.3 Å². The molecule has 1 amide bonds. The second-order valence-electron chi connectivity index (χ2n) is 6.71. The highest BCUT2D eigenvalue weighted by molar-refractivity contribution is 7.92. The van der Waals surface area contributed by atoms with E-state index in [1.54, 1.807) is 25.1 Å². The number of hydrogen-bond acceptors (Lipinski definition) is 5. The SMILES string of the molecule is Cc1cc(NS(=O)(=O)c2ccccc2C(F)(F)F)cc(OCC(=O)Nc2ccncc2)c1. The maximum atomic E-state index is 13.2. The maximum Gasteiger partial charge on any atom is 0.417 e. The van der Waals surface area contributed by atoms with E-state index < -0.39 is 32.6 Å². The first-order chi connectivity index (χ1) is 15.0. The molecule has 1 aromatic heterocycles. The van der Waals surface area contributed by atoms with Crippen molar-refractivity contribution in [2.45, 2.75) is 18.0 Å². The molecule has 32 heavy (non-hydrogen) atoms. The van der Waals surface area contributed by atoms with Gasteiger partial charge in [-0.05, 0) is 48.9 Å². The van der Waals surface area contributed by atoms with Crippen molar-refractivity contribution < 1.29 is 31.1 Å². The molecule has 0 aliphatic heterocycles. The number of carbonyl (C=O) groups excluding carboxylic acids is 1. The molecule has 0 radical (unpaired) electrons. The number of nitrogens with zero attached hydrogens (tertiary/aromatic N) is 1. The molecule has 0 saturated carbocycles. The molecule has 7 nitrogen and oxygen atoms in total. The van der Waals surface area contributed by atoms with Crippen LogP contribution in [0.2, 0.25) is 0 Å². The lowest BCUT2D eigenvalue weighted by Gasteiger charge is -2.15. The van der Waals surface area contributed by atoms with Crippen molar-refractivity contribution in [2.24, 2.45) is 0 Å². The Balaban J connectivity index is 1.75. The largest absolute Gasteiger partial charge is 0.484 e. The minimum Gasteiger partial charge on any atom is -0.484 e. The molecular weight excluding hydrogens is 447 g/mol. The molecule has 0 unspecified atom stereocenters. The number of ether oxygens (including phenoxy) is 1. The molecule has 2 aromatic carbocycles. The van der Waals surface area contributed by atoms with Crippen molar-refractivity contribution in [1.82, 2.24) is 4.98 Å². The number of anilines is 2. The zero-order chi connectivity index (χ0) is 23.4. The van der Waals surface area contributed by atoms with Crippen LogP contribution in [0.3, 0.4) is 0 Å². The van der Waals surface area contributed by atoms with Gasteiger partial charge >= 0.3 is 6.18 Å². The molecule has 0 bridgehead atoms. The van der Waals surface area contributed by atoms with Gasteiger partial charge in [-0.2, -0.15) is 13.2 Å². The lowest BCUT2D eigenvalue weighted by Crippen LogP contribution is -2.20. The molecule has 0 spiro atoms. The molecule has 2 N–H and O–H groups in total. The van der Waals surface area contributed by atoms with Gasteiger partial charge in [0.05, 0.1) is 16.1 Å². The van der Waals surface area contributed by atoms with E-state index in [1.165, 1.54) is 30.6 Å². The summed E-state index contributed by atoms with van der Waals surface area (Å²) in [6, 6.07) is 11.3. The summed E-state index contributed by atoms with van der Waals surface area (Å²) in [5, 5.41) is 2.60. The Hall–Kier alpha value is -3.60. The van der Waals surface area contributed by atoms with Crippen LogP contribution in [-0.2, 0) is 21.0 Å². The number of pyridine rings is 1. The third-order valence-electron chi connectivity index (χ3n) is 4.12. The Bertz CT molecular complexity index is 1220. The third kappa shape index (κ3) is 5.97. The van der Waals surface area contributed by atoms with Gasteiger partial charge in [-0.15, -0.1) is 0 Å². The van der Waals surface area contributed by atoms with Gasteiger partial charge in [-0.3, -0.25) is 14.5 Å². The standard InChI is InChI=1S/C21H18F3N3O4S/c1-14-10-16(27-32(29,30)19-5-3-2-4-18(19)21(22,23)24)12-17(11-14)31-13-20(28)26-15-6-8-25-9-7-15/h2-12,27H,13H2,1H3,(H,25,26,28). The number of hydrogen-bond donors (Lipinski definition) is 2. The van der Waals surface area contributed by atoms with Crippen molar-refractivity contribution in [3.8, 4) is 5.75 Å². The fraction of sp³-hybridized carbons (Fsp3) is 0.143. The van der Waals surface area contributed by atoms with Crippen molar-refractivity contribution in [3.63, 3.8) is 0 Å². The van der Waals surface area contributed by atoms with E-state index in [4.69, 9.17) is 4.74 Å². The van der Waals surface area contributed by atoms with E-state index in [9.17, 15) is 26.4 Å². The average Bonchev–Trinajstić information content (AvgIpc) is 2.72. The molecule has 0 atom stereocenters. The van der Waals surface area contributed by atoms with Crippen LogP contribution in [-0.4, -0.2) is 25.9 Å². The van der Waals surface area contributed by atoms with Crippen molar-refractivity contribution in [1.29, 1.82) is 0 Å². The van der Waals surface area contributed by atoms with E-state index in [2.05, 4.69) is 15.0 Å². The van der Waals surface area contributed by atoms with Crippen LogP contribution in [0.15, 0.2) is 71.9 Å². The van der Waals surface area contributed by atoms with E-state index in [1.807, 2.05) is 0 Å². The summed E-state index contributed by atoms with van der Waals surface area (Å²) < 4.78 is 72.5. The number of aryl methyl sites for hydroxylation is 1. The predicted octanol–water partition coefficient (Wildman–Crippen LogP) is 4.23. The first kappa shape index (κ1) is 23.1. The van der Waals surface area contributed by atoms with Crippen LogP contribution in [0.25, 0.3) is 0 Å². The number of rotatable bonds is 7. The van der Waals surface area contributed by atoms with Crippen LogP contribution in [0.5, 0.6) is 5.75 Å². The smallest absolute Gasteiger partial charge is 0.417 e. The molecule has 11 heteroatoms. The Morgan fingerprint density at radius 1 is 1.03 bits per heavy atom. The van der Waals surface area contributed by atoms with Crippen LogP contribution in [0.4, 0.5) is 24.5 Å². The van der Waals surface area contributed by atoms with Gasteiger partial charge in [0.2, 0.25) is 0 Å². The van der Waals surface area contributed by atoms with Gasteiger partial charge in [-0.25, -0.2) is 8.42 Å². The molecule has 0 aliphatic rings. The van der Waals surface area contributed by atoms with Gasteiger partial charge in [0, 0.05) is 24.1 Å². The van der Waals surface area contributed by atoms with Crippen LogP contribution in [0.1, 0.15) is 11.1 Å².